The van der Waals surface area contributed by atoms with Crippen LogP contribution in [0.4, 0.5) is 34.1 Å². The van der Waals surface area contributed by atoms with Crippen molar-refractivity contribution in [1.82, 2.24) is 0 Å². The van der Waals surface area contributed by atoms with E-state index in [9.17, 15) is 5.11 Å². The monoisotopic (exact) mass is 424 g/mol. The van der Waals surface area contributed by atoms with Crippen LogP contribution in [0.5, 0.6) is 0 Å². The Balaban J connectivity index is 1.19. The Bertz CT molecular complexity index is 979. The Hall–Kier alpha value is -3.96. The van der Waals surface area contributed by atoms with Gasteiger partial charge in [0.15, 0.2) is 0 Å². The van der Waals surface area contributed by atoms with Gasteiger partial charge in [-0.25, -0.2) is 0 Å². The summed E-state index contributed by atoms with van der Waals surface area (Å²) in [7, 11) is 0. The lowest BCUT2D eigenvalue weighted by Crippen LogP contribution is -2.27. The molecule has 0 aliphatic heterocycles. The third-order valence-corrected chi connectivity index (χ3v) is 4.98. The number of rotatable bonds is 10. The zero-order chi connectivity index (χ0) is 22.0. The Kier molecular flexibility index (Phi) is 7.24. The van der Waals surface area contributed by atoms with Gasteiger partial charge in [-0.3, -0.25) is 0 Å². The molecule has 0 saturated heterocycles. The van der Waals surface area contributed by atoms with Crippen LogP contribution in [0, 0.1) is 0 Å². The standard InChI is InChI=1S/C27H28N4O/c32-27(19-28-21-11-15-25(16-12-21)30-23-7-3-1-4-8-23)20-29-22-13-17-26(18-14-22)31-24-9-5-2-6-10-24/h1-18,27-32H,19-20H2. The van der Waals surface area contributed by atoms with Crippen LogP contribution >= 0.6 is 0 Å². The van der Waals surface area contributed by atoms with Crippen molar-refractivity contribution in [3.05, 3.63) is 109 Å². The average Bonchev–Trinajstić information content (AvgIpc) is 2.84. The second kappa shape index (κ2) is 10.9. The van der Waals surface area contributed by atoms with Gasteiger partial charge in [0.1, 0.15) is 0 Å². The molecule has 0 atom stereocenters. The Labute approximate surface area is 189 Å². The molecule has 0 aromatic heterocycles. The molecular weight excluding hydrogens is 396 g/mol. The summed E-state index contributed by atoms with van der Waals surface area (Å²) in [5, 5.41) is 23.6. The molecule has 0 radical (unpaired) electrons. The molecular formula is C27H28N4O. The fourth-order valence-electron chi connectivity index (χ4n) is 3.26. The SMILES string of the molecule is OC(CNc1ccc(Nc2ccccc2)cc1)CNc1ccc(Nc2ccccc2)cc1. The average molecular weight is 425 g/mol. The third-order valence-electron chi connectivity index (χ3n) is 4.98. The summed E-state index contributed by atoms with van der Waals surface area (Å²) in [6.45, 7) is 0.929. The maximum Gasteiger partial charge on any atom is 0.0884 e. The second-order valence-electron chi connectivity index (χ2n) is 7.55. The number of nitrogens with one attached hydrogen (secondary N) is 4. The number of benzene rings is 4. The third kappa shape index (κ3) is 6.52. The summed E-state index contributed by atoms with van der Waals surface area (Å²) in [5.41, 5.74) is 6.10. The summed E-state index contributed by atoms with van der Waals surface area (Å²) >= 11 is 0. The molecule has 4 aromatic carbocycles. The van der Waals surface area contributed by atoms with Crippen LogP contribution in [0.3, 0.4) is 0 Å². The van der Waals surface area contributed by atoms with E-state index in [4.69, 9.17) is 0 Å². The predicted molar refractivity (Wildman–Crippen MR) is 135 cm³/mol. The van der Waals surface area contributed by atoms with Crippen molar-refractivity contribution in [3.63, 3.8) is 0 Å². The first kappa shape index (κ1) is 21.3. The van der Waals surface area contributed by atoms with Gasteiger partial charge in [0.2, 0.25) is 0 Å². The van der Waals surface area contributed by atoms with E-state index in [0.29, 0.717) is 13.1 Å². The molecule has 4 rings (SSSR count). The van der Waals surface area contributed by atoms with Crippen LogP contribution in [0.2, 0.25) is 0 Å². The highest BCUT2D eigenvalue weighted by molar-refractivity contribution is 5.63. The minimum atomic E-state index is -0.515. The Morgan fingerprint density at radius 1 is 0.438 bits per heavy atom. The van der Waals surface area contributed by atoms with Crippen molar-refractivity contribution >= 4 is 34.1 Å². The highest BCUT2D eigenvalue weighted by Crippen LogP contribution is 2.20. The number of aliphatic hydroxyl groups is 1. The van der Waals surface area contributed by atoms with Gasteiger partial charge >= 0.3 is 0 Å². The summed E-state index contributed by atoms with van der Waals surface area (Å²) < 4.78 is 0. The number of aliphatic hydroxyl groups excluding tert-OH is 1. The van der Waals surface area contributed by atoms with E-state index in [2.05, 4.69) is 21.3 Å². The van der Waals surface area contributed by atoms with Crippen molar-refractivity contribution in [2.24, 2.45) is 0 Å². The molecule has 0 aliphatic rings. The predicted octanol–water partition coefficient (Wildman–Crippen LogP) is 6.06. The smallest absolute Gasteiger partial charge is 0.0884 e. The van der Waals surface area contributed by atoms with Crippen LogP contribution < -0.4 is 21.3 Å². The maximum atomic E-state index is 10.3. The summed E-state index contributed by atoms with van der Waals surface area (Å²) in [4.78, 5) is 0. The molecule has 0 bridgehead atoms. The molecule has 0 unspecified atom stereocenters. The summed E-state index contributed by atoms with van der Waals surface area (Å²) in [6, 6.07) is 36.2. The zero-order valence-corrected chi connectivity index (χ0v) is 17.8. The van der Waals surface area contributed by atoms with Gasteiger partial charge in [0.25, 0.3) is 0 Å². The molecule has 5 nitrogen and oxygen atoms in total. The number of hydrogen-bond donors (Lipinski definition) is 5. The minimum Gasteiger partial charge on any atom is -0.389 e. The number of hydrogen-bond acceptors (Lipinski definition) is 5. The van der Waals surface area contributed by atoms with Crippen LogP contribution in [0.25, 0.3) is 0 Å². The van der Waals surface area contributed by atoms with Gasteiger partial charge in [-0.2, -0.15) is 0 Å². The van der Waals surface area contributed by atoms with Gasteiger partial charge < -0.3 is 26.4 Å². The number of para-hydroxylation sites is 2. The number of anilines is 6. The first-order valence-corrected chi connectivity index (χ1v) is 10.7. The van der Waals surface area contributed by atoms with Crippen molar-refractivity contribution < 1.29 is 5.11 Å². The van der Waals surface area contributed by atoms with Gasteiger partial charge in [-0.15, -0.1) is 0 Å². The molecule has 162 valence electrons. The lowest BCUT2D eigenvalue weighted by molar-refractivity contribution is 0.201. The van der Waals surface area contributed by atoms with E-state index < -0.39 is 6.10 Å². The van der Waals surface area contributed by atoms with Gasteiger partial charge in [-0.1, -0.05) is 36.4 Å². The lowest BCUT2D eigenvalue weighted by Gasteiger charge is -2.15. The van der Waals surface area contributed by atoms with Crippen molar-refractivity contribution in [3.8, 4) is 0 Å². The van der Waals surface area contributed by atoms with Crippen molar-refractivity contribution in [1.29, 1.82) is 0 Å². The first-order chi connectivity index (χ1) is 15.7. The Morgan fingerprint density at radius 3 is 1.12 bits per heavy atom. The fourth-order valence-corrected chi connectivity index (χ4v) is 3.26. The lowest BCUT2D eigenvalue weighted by atomic mass is 10.2. The molecule has 0 aliphatic carbocycles. The Morgan fingerprint density at radius 2 is 0.750 bits per heavy atom. The molecule has 5 heteroatoms. The fraction of sp³-hybridized carbons (Fsp3) is 0.111. The van der Waals surface area contributed by atoms with Crippen LogP contribution in [-0.2, 0) is 0 Å². The molecule has 5 N–H and O–H groups in total. The van der Waals surface area contributed by atoms with Crippen molar-refractivity contribution in [2.75, 3.05) is 34.4 Å². The summed E-state index contributed by atoms with van der Waals surface area (Å²) in [6.07, 6.45) is -0.515. The minimum absolute atomic E-state index is 0.464. The highest BCUT2D eigenvalue weighted by Gasteiger charge is 2.05. The molecule has 0 saturated carbocycles. The van der Waals surface area contributed by atoms with E-state index in [1.165, 1.54) is 0 Å². The van der Waals surface area contributed by atoms with Crippen LogP contribution in [0.1, 0.15) is 0 Å². The molecule has 4 aromatic rings. The van der Waals surface area contributed by atoms with Gasteiger partial charge in [-0.05, 0) is 72.8 Å². The quantitative estimate of drug-likeness (QED) is 0.214. The van der Waals surface area contributed by atoms with E-state index in [0.717, 1.165) is 34.1 Å². The zero-order valence-electron chi connectivity index (χ0n) is 17.8. The van der Waals surface area contributed by atoms with Gasteiger partial charge in [0.05, 0.1) is 6.10 Å². The first-order valence-electron chi connectivity index (χ1n) is 10.7. The topological polar surface area (TPSA) is 68.3 Å². The molecule has 32 heavy (non-hydrogen) atoms. The summed E-state index contributed by atoms with van der Waals surface area (Å²) in [5.74, 6) is 0. The van der Waals surface area contributed by atoms with Crippen molar-refractivity contribution in [2.45, 2.75) is 6.10 Å². The van der Waals surface area contributed by atoms with Crippen LogP contribution in [-0.4, -0.2) is 24.3 Å². The van der Waals surface area contributed by atoms with E-state index >= 15 is 0 Å². The molecule has 0 heterocycles. The van der Waals surface area contributed by atoms with Crippen LogP contribution in [0.15, 0.2) is 109 Å². The second-order valence-corrected chi connectivity index (χ2v) is 7.55. The largest absolute Gasteiger partial charge is 0.389 e. The van der Waals surface area contributed by atoms with Gasteiger partial charge in [0, 0.05) is 47.2 Å². The molecule has 0 spiro atoms. The normalized spacial score (nSPS) is 10.6. The highest BCUT2D eigenvalue weighted by atomic mass is 16.3. The van der Waals surface area contributed by atoms with E-state index in [1.54, 1.807) is 0 Å². The maximum absolute atomic E-state index is 10.3. The van der Waals surface area contributed by atoms with E-state index in [1.807, 2.05) is 109 Å². The molecule has 0 fully saturated rings. The molecule has 0 amide bonds. The van der Waals surface area contributed by atoms with E-state index in [-0.39, 0.29) is 0 Å².